The van der Waals surface area contributed by atoms with Gasteiger partial charge >= 0.3 is 5.69 Å². The Morgan fingerprint density at radius 2 is 2.00 bits per heavy atom. The smallest absolute Gasteiger partial charge is 0.305 e. The Labute approximate surface area is 111 Å². The summed E-state index contributed by atoms with van der Waals surface area (Å²) in [5, 5.41) is 13.7. The van der Waals surface area contributed by atoms with Crippen LogP contribution in [0.15, 0.2) is 12.4 Å². The van der Waals surface area contributed by atoms with Gasteiger partial charge in [-0.3, -0.25) is 10.1 Å². The number of nitrogens with zero attached hydrogens (tertiary/aromatic N) is 3. The van der Waals surface area contributed by atoms with Gasteiger partial charge in [0.2, 0.25) is 5.95 Å². The van der Waals surface area contributed by atoms with Crippen LogP contribution in [-0.2, 0) is 0 Å². The van der Waals surface area contributed by atoms with Crippen LogP contribution in [0.1, 0.15) is 32.1 Å². The zero-order valence-electron chi connectivity index (χ0n) is 10.8. The lowest BCUT2D eigenvalue weighted by molar-refractivity contribution is -0.385. The van der Waals surface area contributed by atoms with E-state index >= 15 is 0 Å². The molecule has 1 saturated carbocycles. The van der Waals surface area contributed by atoms with Crippen molar-refractivity contribution in [3.8, 4) is 0 Å². The Morgan fingerprint density at radius 3 is 2.53 bits per heavy atom. The summed E-state index contributed by atoms with van der Waals surface area (Å²) in [5.41, 5.74) is 5.70. The molecule has 7 heteroatoms. The summed E-state index contributed by atoms with van der Waals surface area (Å²) >= 11 is 0. The molecule has 7 nitrogen and oxygen atoms in total. The van der Waals surface area contributed by atoms with Crippen LogP contribution in [0.25, 0.3) is 0 Å². The van der Waals surface area contributed by atoms with E-state index in [-0.39, 0.29) is 11.7 Å². The van der Waals surface area contributed by atoms with Crippen LogP contribution in [0.4, 0.5) is 11.6 Å². The highest BCUT2D eigenvalue weighted by Gasteiger charge is 2.23. The molecule has 1 fully saturated rings. The fourth-order valence-corrected chi connectivity index (χ4v) is 2.56. The minimum atomic E-state index is -0.509. The van der Waals surface area contributed by atoms with Crippen molar-refractivity contribution in [1.29, 1.82) is 0 Å². The molecule has 0 saturated heterocycles. The van der Waals surface area contributed by atoms with Crippen LogP contribution in [0.2, 0.25) is 0 Å². The summed E-state index contributed by atoms with van der Waals surface area (Å²) < 4.78 is 0. The lowest BCUT2D eigenvalue weighted by Crippen LogP contribution is -2.37. The van der Waals surface area contributed by atoms with Gasteiger partial charge in [0.25, 0.3) is 0 Å². The summed E-state index contributed by atoms with van der Waals surface area (Å²) in [6.45, 7) is 0.519. The highest BCUT2D eigenvalue weighted by atomic mass is 16.6. The Hall–Kier alpha value is -1.76. The summed E-state index contributed by atoms with van der Waals surface area (Å²) in [5.74, 6) is 0.948. The number of aromatic nitrogens is 2. The van der Waals surface area contributed by atoms with Gasteiger partial charge < -0.3 is 11.1 Å². The second-order valence-corrected chi connectivity index (χ2v) is 4.91. The van der Waals surface area contributed by atoms with Crippen molar-refractivity contribution in [2.45, 2.75) is 38.1 Å². The Morgan fingerprint density at radius 1 is 1.37 bits per heavy atom. The van der Waals surface area contributed by atoms with Gasteiger partial charge in [0.15, 0.2) is 0 Å². The predicted molar refractivity (Wildman–Crippen MR) is 71.7 cm³/mol. The lowest BCUT2D eigenvalue weighted by Gasteiger charge is -2.29. The number of nitro groups is 1. The second-order valence-electron chi connectivity index (χ2n) is 4.91. The molecule has 0 aliphatic heterocycles. The molecule has 19 heavy (non-hydrogen) atoms. The fourth-order valence-electron chi connectivity index (χ4n) is 2.56. The third kappa shape index (κ3) is 3.60. The van der Waals surface area contributed by atoms with Crippen molar-refractivity contribution in [3.05, 3.63) is 22.5 Å². The molecule has 0 bridgehead atoms. The van der Waals surface area contributed by atoms with E-state index in [0.717, 1.165) is 0 Å². The van der Waals surface area contributed by atoms with E-state index in [9.17, 15) is 10.1 Å². The molecule has 0 aromatic carbocycles. The van der Waals surface area contributed by atoms with Crippen molar-refractivity contribution >= 4 is 11.6 Å². The summed E-state index contributed by atoms with van der Waals surface area (Å²) in [6.07, 6.45) is 8.53. The molecule has 2 rings (SSSR count). The second kappa shape index (κ2) is 6.42. The van der Waals surface area contributed by atoms with Gasteiger partial charge in [-0.2, -0.15) is 0 Å². The molecule has 1 heterocycles. The first kappa shape index (κ1) is 13.7. The predicted octanol–water partition coefficient (Wildman–Crippen LogP) is 1.70. The van der Waals surface area contributed by atoms with Gasteiger partial charge in [0, 0.05) is 12.6 Å². The molecule has 1 atom stereocenters. The first-order valence-electron chi connectivity index (χ1n) is 6.63. The largest absolute Gasteiger partial charge is 0.350 e. The van der Waals surface area contributed by atoms with Crippen LogP contribution >= 0.6 is 0 Å². The molecule has 0 radical (unpaired) electrons. The maximum Gasteiger partial charge on any atom is 0.305 e. The summed E-state index contributed by atoms with van der Waals surface area (Å²) in [6, 6.07) is 0.141. The van der Waals surface area contributed by atoms with E-state index in [4.69, 9.17) is 5.73 Å². The molecular formula is C12H19N5O2. The van der Waals surface area contributed by atoms with Crippen LogP contribution in [0, 0.1) is 16.0 Å². The number of rotatable bonds is 5. The molecule has 0 spiro atoms. The van der Waals surface area contributed by atoms with Gasteiger partial charge in [0.05, 0.1) is 4.92 Å². The van der Waals surface area contributed by atoms with Crippen LogP contribution < -0.4 is 11.1 Å². The van der Waals surface area contributed by atoms with Crippen molar-refractivity contribution in [3.63, 3.8) is 0 Å². The first-order chi connectivity index (χ1) is 9.20. The average molecular weight is 265 g/mol. The highest BCUT2D eigenvalue weighted by Crippen LogP contribution is 2.27. The van der Waals surface area contributed by atoms with Crippen molar-refractivity contribution < 1.29 is 4.92 Å². The fraction of sp³-hybridized carbons (Fsp3) is 0.667. The lowest BCUT2D eigenvalue weighted by atomic mass is 9.84. The van der Waals surface area contributed by atoms with Gasteiger partial charge in [-0.25, -0.2) is 9.97 Å². The van der Waals surface area contributed by atoms with Gasteiger partial charge in [-0.1, -0.05) is 19.3 Å². The molecule has 1 unspecified atom stereocenters. The number of nitrogens with two attached hydrogens (primary N) is 1. The van der Waals surface area contributed by atoms with Gasteiger partial charge in [-0.15, -0.1) is 0 Å². The van der Waals surface area contributed by atoms with Crippen molar-refractivity contribution in [2.24, 2.45) is 11.7 Å². The highest BCUT2D eigenvalue weighted by molar-refractivity contribution is 5.31. The summed E-state index contributed by atoms with van der Waals surface area (Å²) in [7, 11) is 0. The maximum atomic E-state index is 10.5. The monoisotopic (exact) mass is 265 g/mol. The Bertz CT molecular complexity index is 417. The van der Waals surface area contributed by atoms with Gasteiger partial charge in [0.1, 0.15) is 12.4 Å². The van der Waals surface area contributed by atoms with Gasteiger partial charge in [-0.05, 0) is 18.8 Å². The number of hydrogen-bond donors (Lipinski definition) is 2. The minimum absolute atomic E-state index is 0.104. The van der Waals surface area contributed by atoms with Crippen molar-refractivity contribution in [2.75, 3.05) is 11.9 Å². The third-order valence-corrected chi connectivity index (χ3v) is 3.64. The SMILES string of the molecule is NCC(Nc1ncc([N+](=O)[O-])cn1)C1CCCCC1. The maximum absolute atomic E-state index is 10.5. The average Bonchev–Trinajstić information content (AvgIpc) is 2.46. The van der Waals surface area contributed by atoms with E-state index in [0.29, 0.717) is 18.4 Å². The zero-order chi connectivity index (χ0) is 13.7. The standard InChI is InChI=1S/C12H19N5O2/c13-6-11(9-4-2-1-3-5-9)16-12-14-7-10(8-15-12)17(18)19/h7-9,11H,1-6,13H2,(H,14,15,16). The molecule has 1 aromatic heterocycles. The number of hydrogen-bond acceptors (Lipinski definition) is 6. The van der Waals surface area contributed by atoms with Crippen molar-refractivity contribution in [1.82, 2.24) is 9.97 Å². The summed E-state index contributed by atoms with van der Waals surface area (Å²) in [4.78, 5) is 17.9. The Kier molecular flexibility index (Phi) is 4.62. The molecule has 1 aliphatic carbocycles. The first-order valence-corrected chi connectivity index (χ1v) is 6.63. The molecule has 1 aliphatic rings. The zero-order valence-corrected chi connectivity index (χ0v) is 10.8. The molecule has 104 valence electrons. The van der Waals surface area contributed by atoms with Crippen LogP contribution in [-0.4, -0.2) is 27.5 Å². The quantitative estimate of drug-likeness (QED) is 0.620. The van der Waals surface area contributed by atoms with E-state index in [1.54, 1.807) is 0 Å². The Balaban J connectivity index is 1.99. The minimum Gasteiger partial charge on any atom is -0.350 e. The van der Waals surface area contributed by atoms with E-state index in [2.05, 4.69) is 15.3 Å². The number of anilines is 1. The van der Waals surface area contributed by atoms with Crippen LogP contribution in [0.3, 0.4) is 0 Å². The molecule has 3 N–H and O–H groups in total. The molecular weight excluding hydrogens is 246 g/mol. The number of nitrogens with one attached hydrogen (secondary N) is 1. The topological polar surface area (TPSA) is 107 Å². The van der Waals surface area contributed by atoms with E-state index in [1.165, 1.54) is 44.5 Å². The van der Waals surface area contributed by atoms with E-state index < -0.39 is 4.92 Å². The molecule has 1 aromatic rings. The molecule has 0 amide bonds. The third-order valence-electron chi connectivity index (χ3n) is 3.64. The normalized spacial score (nSPS) is 17.9. The van der Waals surface area contributed by atoms with Crippen LogP contribution in [0.5, 0.6) is 0 Å². The van der Waals surface area contributed by atoms with E-state index in [1.807, 2.05) is 0 Å².